The summed E-state index contributed by atoms with van der Waals surface area (Å²) in [7, 11) is 0. The fourth-order valence-electron chi connectivity index (χ4n) is 2.53. The highest BCUT2D eigenvalue weighted by Gasteiger charge is 2.12. The van der Waals surface area contributed by atoms with E-state index in [-0.39, 0.29) is 5.69 Å². The molecule has 0 spiro atoms. The lowest BCUT2D eigenvalue weighted by atomic mass is 10.2. The van der Waals surface area contributed by atoms with Crippen molar-refractivity contribution in [2.24, 2.45) is 0 Å². The van der Waals surface area contributed by atoms with Crippen LogP contribution in [-0.4, -0.2) is 34.5 Å². The average molecular weight is 330 g/mol. The Morgan fingerprint density at radius 1 is 1.26 bits per heavy atom. The predicted molar refractivity (Wildman–Crippen MR) is 94.9 cm³/mol. The quantitative estimate of drug-likeness (QED) is 0.682. The van der Waals surface area contributed by atoms with Crippen molar-refractivity contribution in [1.82, 2.24) is 4.98 Å². The van der Waals surface area contributed by atoms with Gasteiger partial charge in [0, 0.05) is 41.5 Å². The molecule has 2 heterocycles. The van der Waals surface area contributed by atoms with Gasteiger partial charge in [-0.3, -0.25) is 10.1 Å². The minimum absolute atomic E-state index is 0.0360. The van der Waals surface area contributed by atoms with Crippen molar-refractivity contribution in [2.45, 2.75) is 6.92 Å². The molecule has 1 aromatic carbocycles. The SMILES string of the molecule is Cc1cc(Nc2ccc(N3CCSCC3)cc2)ncc1[N+](=O)[O-]. The van der Waals surface area contributed by atoms with Crippen LogP contribution < -0.4 is 10.2 Å². The van der Waals surface area contributed by atoms with Gasteiger partial charge in [0.1, 0.15) is 12.0 Å². The molecular formula is C16H18N4O2S. The van der Waals surface area contributed by atoms with E-state index in [1.807, 2.05) is 23.9 Å². The van der Waals surface area contributed by atoms with E-state index < -0.39 is 4.92 Å². The first kappa shape index (κ1) is 15.6. The van der Waals surface area contributed by atoms with Crippen molar-refractivity contribution in [3.8, 4) is 0 Å². The lowest BCUT2D eigenvalue weighted by Crippen LogP contribution is -2.32. The Balaban J connectivity index is 1.70. The largest absolute Gasteiger partial charge is 0.370 e. The van der Waals surface area contributed by atoms with Crippen LogP contribution in [0.25, 0.3) is 0 Å². The number of aryl methyl sites for hydroxylation is 1. The zero-order valence-corrected chi connectivity index (χ0v) is 13.7. The third kappa shape index (κ3) is 3.73. The van der Waals surface area contributed by atoms with Gasteiger partial charge in [-0.2, -0.15) is 11.8 Å². The summed E-state index contributed by atoms with van der Waals surface area (Å²) in [4.78, 5) is 16.9. The number of rotatable bonds is 4. The Kier molecular flexibility index (Phi) is 4.66. The first-order valence-electron chi connectivity index (χ1n) is 7.44. The van der Waals surface area contributed by atoms with Crippen LogP contribution in [0.4, 0.5) is 22.9 Å². The van der Waals surface area contributed by atoms with Gasteiger partial charge >= 0.3 is 0 Å². The standard InChI is InChI=1S/C16H18N4O2S/c1-12-10-16(17-11-15(12)20(21)22)18-13-2-4-14(5-3-13)19-6-8-23-9-7-19/h2-5,10-11H,6-9H2,1H3,(H,17,18). The van der Waals surface area contributed by atoms with Gasteiger partial charge in [-0.05, 0) is 37.3 Å². The molecule has 0 aliphatic carbocycles. The molecule has 0 atom stereocenters. The normalized spacial score (nSPS) is 14.6. The van der Waals surface area contributed by atoms with Gasteiger partial charge in [-0.1, -0.05) is 0 Å². The average Bonchev–Trinajstić information content (AvgIpc) is 2.56. The summed E-state index contributed by atoms with van der Waals surface area (Å²) in [6.45, 7) is 3.88. The minimum atomic E-state index is -0.419. The van der Waals surface area contributed by atoms with Gasteiger partial charge in [0.15, 0.2) is 0 Å². The van der Waals surface area contributed by atoms with Crippen molar-refractivity contribution in [2.75, 3.05) is 34.8 Å². The molecule has 0 unspecified atom stereocenters. The fraction of sp³-hybridized carbons (Fsp3) is 0.312. The van der Waals surface area contributed by atoms with E-state index in [0.29, 0.717) is 11.4 Å². The number of hydrogen-bond acceptors (Lipinski definition) is 6. The fourth-order valence-corrected chi connectivity index (χ4v) is 3.44. The summed E-state index contributed by atoms with van der Waals surface area (Å²) in [5.41, 5.74) is 2.77. The van der Waals surface area contributed by atoms with E-state index in [1.165, 1.54) is 23.4 Å². The summed E-state index contributed by atoms with van der Waals surface area (Å²) in [6, 6.07) is 9.89. The van der Waals surface area contributed by atoms with Gasteiger partial charge in [0.2, 0.25) is 0 Å². The lowest BCUT2D eigenvalue weighted by molar-refractivity contribution is -0.385. The summed E-state index contributed by atoms with van der Waals surface area (Å²) in [5.74, 6) is 2.95. The number of benzene rings is 1. The van der Waals surface area contributed by atoms with E-state index in [2.05, 4.69) is 27.3 Å². The van der Waals surface area contributed by atoms with Crippen molar-refractivity contribution >= 4 is 34.6 Å². The Morgan fingerprint density at radius 3 is 2.57 bits per heavy atom. The molecule has 1 N–H and O–H groups in total. The van der Waals surface area contributed by atoms with E-state index >= 15 is 0 Å². The molecule has 1 fully saturated rings. The van der Waals surface area contributed by atoms with E-state index in [0.717, 1.165) is 18.8 Å². The summed E-state index contributed by atoms with van der Waals surface area (Å²) >= 11 is 1.99. The van der Waals surface area contributed by atoms with Crippen LogP contribution in [0.5, 0.6) is 0 Å². The van der Waals surface area contributed by atoms with Crippen LogP contribution in [0.3, 0.4) is 0 Å². The second-order valence-electron chi connectivity index (χ2n) is 5.38. The van der Waals surface area contributed by atoms with Crippen molar-refractivity contribution in [1.29, 1.82) is 0 Å². The van der Waals surface area contributed by atoms with Gasteiger partial charge in [-0.15, -0.1) is 0 Å². The van der Waals surface area contributed by atoms with Crippen LogP contribution in [0.15, 0.2) is 36.5 Å². The molecule has 23 heavy (non-hydrogen) atoms. The van der Waals surface area contributed by atoms with Crippen LogP contribution in [0, 0.1) is 17.0 Å². The molecule has 0 radical (unpaired) electrons. The van der Waals surface area contributed by atoms with E-state index in [4.69, 9.17) is 0 Å². The zero-order valence-electron chi connectivity index (χ0n) is 12.9. The predicted octanol–water partition coefficient (Wildman–Crippen LogP) is 3.60. The Hall–Kier alpha value is -2.28. The molecule has 0 saturated carbocycles. The molecule has 6 nitrogen and oxygen atoms in total. The maximum atomic E-state index is 10.8. The topological polar surface area (TPSA) is 71.3 Å². The Labute approximate surface area is 139 Å². The van der Waals surface area contributed by atoms with E-state index in [9.17, 15) is 10.1 Å². The number of pyridine rings is 1. The monoisotopic (exact) mass is 330 g/mol. The molecule has 2 aromatic rings. The third-order valence-electron chi connectivity index (χ3n) is 3.80. The lowest BCUT2D eigenvalue weighted by Gasteiger charge is -2.28. The summed E-state index contributed by atoms with van der Waals surface area (Å²) < 4.78 is 0. The molecule has 1 aliphatic rings. The summed E-state index contributed by atoms with van der Waals surface area (Å²) in [5, 5.41) is 14.0. The molecule has 3 rings (SSSR count). The Morgan fingerprint density at radius 2 is 1.96 bits per heavy atom. The van der Waals surface area contributed by atoms with Crippen LogP contribution in [0.1, 0.15) is 5.56 Å². The molecule has 1 saturated heterocycles. The highest BCUT2D eigenvalue weighted by Crippen LogP contribution is 2.24. The molecule has 120 valence electrons. The number of nitrogens with one attached hydrogen (secondary N) is 1. The van der Waals surface area contributed by atoms with Crippen LogP contribution in [-0.2, 0) is 0 Å². The number of anilines is 3. The van der Waals surface area contributed by atoms with Gasteiger partial charge in [0.05, 0.1) is 4.92 Å². The highest BCUT2D eigenvalue weighted by atomic mass is 32.2. The van der Waals surface area contributed by atoms with Crippen molar-refractivity contribution in [3.63, 3.8) is 0 Å². The third-order valence-corrected chi connectivity index (χ3v) is 4.74. The number of hydrogen-bond donors (Lipinski definition) is 1. The second-order valence-corrected chi connectivity index (χ2v) is 6.61. The maximum Gasteiger partial charge on any atom is 0.290 e. The molecule has 0 amide bonds. The first-order chi connectivity index (χ1) is 11.1. The second kappa shape index (κ2) is 6.87. The van der Waals surface area contributed by atoms with Crippen LogP contribution >= 0.6 is 11.8 Å². The van der Waals surface area contributed by atoms with Crippen molar-refractivity contribution in [3.05, 3.63) is 52.2 Å². The number of thioether (sulfide) groups is 1. The number of nitro groups is 1. The molecule has 7 heteroatoms. The number of nitrogens with zero attached hydrogens (tertiary/aromatic N) is 3. The summed E-state index contributed by atoms with van der Waals surface area (Å²) in [6.07, 6.45) is 1.29. The van der Waals surface area contributed by atoms with Gasteiger partial charge in [0.25, 0.3) is 5.69 Å². The van der Waals surface area contributed by atoms with Crippen molar-refractivity contribution < 1.29 is 4.92 Å². The molecule has 0 bridgehead atoms. The Bertz CT molecular complexity index is 700. The van der Waals surface area contributed by atoms with Gasteiger partial charge in [-0.25, -0.2) is 4.98 Å². The smallest absolute Gasteiger partial charge is 0.290 e. The minimum Gasteiger partial charge on any atom is -0.370 e. The zero-order chi connectivity index (χ0) is 16.2. The molecular weight excluding hydrogens is 312 g/mol. The van der Waals surface area contributed by atoms with Gasteiger partial charge < -0.3 is 10.2 Å². The van der Waals surface area contributed by atoms with Crippen LogP contribution in [0.2, 0.25) is 0 Å². The first-order valence-corrected chi connectivity index (χ1v) is 8.60. The number of aromatic nitrogens is 1. The highest BCUT2D eigenvalue weighted by molar-refractivity contribution is 7.99. The molecule has 1 aromatic heterocycles. The maximum absolute atomic E-state index is 10.8. The van der Waals surface area contributed by atoms with E-state index in [1.54, 1.807) is 13.0 Å². The molecule has 1 aliphatic heterocycles.